The number of aliphatic hydroxyl groups is 1. The molecule has 1 saturated heterocycles. The first-order valence-electron chi connectivity index (χ1n) is 3.30. The summed E-state index contributed by atoms with van der Waals surface area (Å²) < 4.78 is 0. The summed E-state index contributed by atoms with van der Waals surface area (Å²) in [4.78, 5) is 12.1. The van der Waals surface area contributed by atoms with E-state index in [0.29, 0.717) is 19.5 Å². The van der Waals surface area contributed by atoms with Gasteiger partial charge in [0.1, 0.15) is 0 Å². The molecule has 58 valence electrons. The van der Waals surface area contributed by atoms with Crippen LogP contribution in [-0.4, -0.2) is 40.9 Å². The van der Waals surface area contributed by atoms with E-state index in [9.17, 15) is 4.79 Å². The van der Waals surface area contributed by atoms with E-state index in [0.717, 1.165) is 0 Å². The number of carbonyl (C=O) groups is 1. The van der Waals surface area contributed by atoms with Crippen LogP contribution in [-0.2, 0) is 4.79 Å². The Morgan fingerprint density at radius 1 is 1.70 bits per heavy atom. The van der Waals surface area contributed by atoms with Gasteiger partial charge in [0, 0.05) is 13.1 Å². The number of aliphatic hydroxyl groups excluding tert-OH is 1. The lowest BCUT2D eigenvalue weighted by Crippen LogP contribution is -2.23. The molecule has 0 aromatic heterocycles. The fraction of sp³-hybridized carbons (Fsp3) is 0.833. The number of likely N-dealkylation sites (tertiary alicyclic amines) is 1. The average Bonchev–Trinajstić information content (AvgIpc) is 2.34. The van der Waals surface area contributed by atoms with Gasteiger partial charge in [0.05, 0.1) is 12.6 Å². The number of hydrogen-bond donors (Lipinski definition) is 2. The Bertz CT molecular complexity index is 137. The second-order valence-corrected chi connectivity index (χ2v) is 2.54. The number of aliphatic carboxylic acids is 1. The fourth-order valence-corrected chi connectivity index (χ4v) is 1.16. The van der Waals surface area contributed by atoms with Crippen LogP contribution in [0.2, 0.25) is 0 Å². The molecule has 1 rings (SSSR count). The predicted molar refractivity (Wildman–Crippen MR) is 34.4 cm³/mol. The molecule has 1 heterocycles. The number of carboxylic acids is 1. The van der Waals surface area contributed by atoms with Crippen LogP contribution < -0.4 is 0 Å². The molecule has 0 bridgehead atoms. The van der Waals surface area contributed by atoms with Crippen LogP contribution in [0.3, 0.4) is 0 Å². The van der Waals surface area contributed by atoms with E-state index in [4.69, 9.17) is 10.2 Å². The van der Waals surface area contributed by atoms with Gasteiger partial charge in [-0.25, -0.2) is 0 Å². The molecule has 4 nitrogen and oxygen atoms in total. The highest BCUT2D eigenvalue weighted by molar-refractivity contribution is 5.70. The van der Waals surface area contributed by atoms with E-state index in [1.54, 1.807) is 4.90 Å². The van der Waals surface area contributed by atoms with E-state index in [-0.39, 0.29) is 12.6 Å². The second kappa shape index (κ2) is 2.98. The highest BCUT2D eigenvalue weighted by Crippen LogP contribution is 2.14. The van der Waals surface area contributed by atoms with Crippen molar-refractivity contribution >= 4 is 5.97 Å². The minimum atomic E-state index is -0.754. The molecule has 1 fully saturated rings. The summed E-state index contributed by atoms with van der Waals surface area (Å²) in [5.74, 6) is -1.02. The largest absolute Gasteiger partial charge is 0.481 e. The van der Waals surface area contributed by atoms with Gasteiger partial charge in [0.2, 0.25) is 0 Å². The fourth-order valence-electron chi connectivity index (χ4n) is 1.16. The molecule has 0 amide bonds. The lowest BCUT2D eigenvalue weighted by atomic mass is 10.1. The van der Waals surface area contributed by atoms with E-state index < -0.39 is 5.97 Å². The van der Waals surface area contributed by atoms with Gasteiger partial charge in [0.25, 0.3) is 0 Å². The molecule has 4 heteroatoms. The van der Waals surface area contributed by atoms with Gasteiger partial charge in [-0.2, -0.15) is 0 Å². The third kappa shape index (κ3) is 1.46. The van der Waals surface area contributed by atoms with Crippen molar-refractivity contribution < 1.29 is 15.0 Å². The van der Waals surface area contributed by atoms with Crippen molar-refractivity contribution in [1.82, 2.24) is 4.90 Å². The van der Waals surface area contributed by atoms with Crippen molar-refractivity contribution in [2.75, 3.05) is 19.8 Å². The Kier molecular flexibility index (Phi) is 2.24. The molecule has 1 aliphatic heterocycles. The monoisotopic (exact) mass is 145 g/mol. The van der Waals surface area contributed by atoms with Crippen molar-refractivity contribution in [2.24, 2.45) is 5.92 Å². The SMILES string of the molecule is O=C(O)C1CCN(CO)C1. The maximum atomic E-state index is 10.4. The van der Waals surface area contributed by atoms with Gasteiger partial charge in [-0.05, 0) is 6.42 Å². The first-order valence-corrected chi connectivity index (χ1v) is 3.30. The highest BCUT2D eigenvalue weighted by atomic mass is 16.4. The Hall–Kier alpha value is -0.610. The van der Waals surface area contributed by atoms with E-state index >= 15 is 0 Å². The number of rotatable bonds is 2. The van der Waals surface area contributed by atoms with Gasteiger partial charge in [0.15, 0.2) is 0 Å². The van der Waals surface area contributed by atoms with Gasteiger partial charge < -0.3 is 10.2 Å². The number of nitrogens with zero attached hydrogens (tertiary/aromatic N) is 1. The topological polar surface area (TPSA) is 60.8 Å². The van der Waals surface area contributed by atoms with Crippen molar-refractivity contribution in [3.63, 3.8) is 0 Å². The summed E-state index contributed by atoms with van der Waals surface area (Å²) in [7, 11) is 0. The molecule has 0 radical (unpaired) electrons. The third-order valence-corrected chi connectivity index (χ3v) is 1.82. The molecule has 0 aromatic rings. The van der Waals surface area contributed by atoms with Crippen LogP contribution in [0.5, 0.6) is 0 Å². The summed E-state index contributed by atoms with van der Waals surface area (Å²) in [6, 6.07) is 0. The van der Waals surface area contributed by atoms with Crippen molar-refractivity contribution in [2.45, 2.75) is 6.42 Å². The molecule has 2 N–H and O–H groups in total. The molecule has 0 saturated carbocycles. The van der Waals surface area contributed by atoms with Crippen molar-refractivity contribution in [1.29, 1.82) is 0 Å². The number of hydrogen-bond acceptors (Lipinski definition) is 3. The Morgan fingerprint density at radius 2 is 2.40 bits per heavy atom. The van der Waals surface area contributed by atoms with Crippen LogP contribution in [0, 0.1) is 5.92 Å². The third-order valence-electron chi connectivity index (χ3n) is 1.82. The van der Waals surface area contributed by atoms with Gasteiger partial charge in [-0.15, -0.1) is 0 Å². The molecular weight excluding hydrogens is 134 g/mol. The van der Waals surface area contributed by atoms with Crippen LogP contribution in [0.1, 0.15) is 6.42 Å². The molecule has 0 aliphatic carbocycles. The molecule has 10 heavy (non-hydrogen) atoms. The molecule has 1 aliphatic rings. The zero-order chi connectivity index (χ0) is 7.56. The maximum absolute atomic E-state index is 10.4. The maximum Gasteiger partial charge on any atom is 0.307 e. The van der Waals surface area contributed by atoms with E-state index in [2.05, 4.69) is 0 Å². The summed E-state index contributed by atoms with van der Waals surface area (Å²) in [5, 5.41) is 17.1. The highest BCUT2D eigenvalue weighted by Gasteiger charge is 2.26. The molecule has 1 unspecified atom stereocenters. The van der Waals surface area contributed by atoms with E-state index in [1.807, 2.05) is 0 Å². The van der Waals surface area contributed by atoms with Crippen LogP contribution in [0.4, 0.5) is 0 Å². The van der Waals surface area contributed by atoms with Crippen LogP contribution in [0.15, 0.2) is 0 Å². The zero-order valence-corrected chi connectivity index (χ0v) is 5.66. The lowest BCUT2D eigenvalue weighted by Gasteiger charge is -2.09. The predicted octanol–water partition coefficient (Wildman–Crippen LogP) is -0.657. The smallest absolute Gasteiger partial charge is 0.307 e. The average molecular weight is 145 g/mol. The van der Waals surface area contributed by atoms with E-state index in [1.165, 1.54) is 0 Å². The standard InChI is InChI=1S/C6H11NO3/c8-4-7-2-1-5(3-7)6(9)10/h5,8H,1-4H2,(H,9,10). The minimum Gasteiger partial charge on any atom is -0.481 e. The van der Waals surface area contributed by atoms with Crippen molar-refractivity contribution in [3.8, 4) is 0 Å². The molecular formula is C6H11NO3. The first kappa shape index (κ1) is 7.50. The van der Waals surface area contributed by atoms with Gasteiger partial charge >= 0.3 is 5.97 Å². The summed E-state index contributed by atoms with van der Waals surface area (Å²) in [5.41, 5.74) is 0. The normalized spacial score (nSPS) is 27.1. The second-order valence-electron chi connectivity index (χ2n) is 2.54. The Balaban J connectivity index is 2.35. The lowest BCUT2D eigenvalue weighted by molar-refractivity contribution is -0.141. The summed E-state index contributed by atoms with van der Waals surface area (Å²) >= 11 is 0. The van der Waals surface area contributed by atoms with Gasteiger partial charge in [-0.3, -0.25) is 9.69 Å². The quantitative estimate of drug-likeness (QED) is 0.541. The van der Waals surface area contributed by atoms with Crippen LogP contribution >= 0.6 is 0 Å². The molecule has 0 spiro atoms. The minimum absolute atomic E-state index is 0.0240. The number of carboxylic acid groups (broad SMARTS) is 1. The van der Waals surface area contributed by atoms with Crippen molar-refractivity contribution in [3.05, 3.63) is 0 Å². The Labute approximate surface area is 59.1 Å². The zero-order valence-electron chi connectivity index (χ0n) is 5.66. The molecule has 0 aromatic carbocycles. The summed E-state index contributed by atoms with van der Waals surface area (Å²) in [6.07, 6.45) is 0.663. The first-order chi connectivity index (χ1) is 4.74. The Morgan fingerprint density at radius 3 is 2.70 bits per heavy atom. The molecule has 1 atom stereocenters. The van der Waals surface area contributed by atoms with Crippen LogP contribution in [0.25, 0.3) is 0 Å². The van der Waals surface area contributed by atoms with Gasteiger partial charge in [-0.1, -0.05) is 0 Å². The summed E-state index contributed by atoms with van der Waals surface area (Å²) in [6.45, 7) is 1.17.